The van der Waals surface area contributed by atoms with Gasteiger partial charge in [0.1, 0.15) is 0 Å². The smallest absolute Gasteiger partial charge is 0.283 e. The molecule has 0 amide bonds. The van der Waals surface area contributed by atoms with Gasteiger partial charge >= 0.3 is 0 Å². The van der Waals surface area contributed by atoms with Crippen LogP contribution in [0.25, 0.3) is 0 Å². The fraction of sp³-hybridized carbons (Fsp3) is 0.538. The van der Waals surface area contributed by atoms with E-state index in [1.807, 2.05) is 6.07 Å². The van der Waals surface area contributed by atoms with Crippen LogP contribution in [-0.4, -0.2) is 24.7 Å². The molecular formula is C13H17BrN2O3. The SMILES string of the molecule is O=[N+]([O-])c1cccc(CNCC2CCOCC2)c1Br. The van der Waals surface area contributed by atoms with Crippen molar-refractivity contribution < 1.29 is 9.66 Å². The highest BCUT2D eigenvalue weighted by Gasteiger charge is 2.16. The summed E-state index contributed by atoms with van der Waals surface area (Å²) in [5, 5.41) is 14.2. The van der Waals surface area contributed by atoms with Crippen molar-refractivity contribution in [2.75, 3.05) is 19.8 Å². The molecule has 1 saturated heterocycles. The van der Waals surface area contributed by atoms with Gasteiger partial charge < -0.3 is 10.1 Å². The topological polar surface area (TPSA) is 64.4 Å². The van der Waals surface area contributed by atoms with Gasteiger partial charge in [0, 0.05) is 25.8 Å². The van der Waals surface area contributed by atoms with Crippen molar-refractivity contribution in [1.82, 2.24) is 5.32 Å². The maximum atomic E-state index is 10.8. The second kappa shape index (κ2) is 6.98. The minimum absolute atomic E-state index is 0.116. The number of nitrogens with one attached hydrogen (secondary N) is 1. The van der Waals surface area contributed by atoms with Gasteiger partial charge in [-0.2, -0.15) is 0 Å². The lowest BCUT2D eigenvalue weighted by atomic mass is 10.0. The molecule has 1 heterocycles. The molecule has 0 unspecified atom stereocenters. The van der Waals surface area contributed by atoms with E-state index in [-0.39, 0.29) is 10.6 Å². The summed E-state index contributed by atoms with van der Waals surface area (Å²) in [4.78, 5) is 10.5. The number of halogens is 1. The molecule has 104 valence electrons. The van der Waals surface area contributed by atoms with Gasteiger partial charge in [0.2, 0.25) is 0 Å². The first kappa shape index (κ1) is 14.4. The van der Waals surface area contributed by atoms with E-state index in [9.17, 15) is 10.1 Å². The lowest BCUT2D eigenvalue weighted by Crippen LogP contribution is -2.27. The van der Waals surface area contributed by atoms with Gasteiger partial charge in [-0.1, -0.05) is 12.1 Å². The van der Waals surface area contributed by atoms with E-state index in [0.717, 1.165) is 38.2 Å². The Morgan fingerprint density at radius 1 is 1.42 bits per heavy atom. The number of nitro groups is 1. The molecule has 0 radical (unpaired) electrons. The molecule has 1 aromatic carbocycles. The normalized spacial score (nSPS) is 16.5. The highest BCUT2D eigenvalue weighted by molar-refractivity contribution is 9.10. The van der Waals surface area contributed by atoms with Crippen LogP contribution < -0.4 is 5.32 Å². The Hall–Kier alpha value is -0.980. The van der Waals surface area contributed by atoms with Crippen LogP contribution in [0.5, 0.6) is 0 Å². The summed E-state index contributed by atoms with van der Waals surface area (Å²) in [7, 11) is 0. The van der Waals surface area contributed by atoms with E-state index in [2.05, 4.69) is 21.2 Å². The van der Waals surface area contributed by atoms with Crippen LogP contribution in [0.1, 0.15) is 18.4 Å². The van der Waals surface area contributed by atoms with Crippen molar-refractivity contribution >= 4 is 21.6 Å². The van der Waals surface area contributed by atoms with E-state index in [1.54, 1.807) is 6.07 Å². The van der Waals surface area contributed by atoms with Crippen LogP contribution in [0.4, 0.5) is 5.69 Å². The minimum Gasteiger partial charge on any atom is -0.381 e. The summed E-state index contributed by atoms with van der Waals surface area (Å²) in [6.45, 7) is 3.25. The minimum atomic E-state index is -0.369. The van der Waals surface area contributed by atoms with Crippen molar-refractivity contribution in [3.8, 4) is 0 Å². The Bertz CT molecular complexity index is 448. The highest BCUT2D eigenvalue weighted by Crippen LogP contribution is 2.28. The quantitative estimate of drug-likeness (QED) is 0.666. The second-order valence-corrected chi connectivity index (χ2v) is 5.49. The highest BCUT2D eigenvalue weighted by atomic mass is 79.9. The zero-order chi connectivity index (χ0) is 13.7. The molecule has 1 fully saturated rings. The van der Waals surface area contributed by atoms with Crippen LogP contribution in [0.3, 0.4) is 0 Å². The Labute approximate surface area is 120 Å². The summed E-state index contributed by atoms with van der Waals surface area (Å²) < 4.78 is 5.88. The van der Waals surface area contributed by atoms with Gasteiger partial charge in [-0.25, -0.2) is 0 Å². The zero-order valence-electron chi connectivity index (χ0n) is 10.6. The van der Waals surface area contributed by atoms with Crippen molar-refractivity contribution in [3.05, 3.63) is 38.3 Å². The first-order valence-electron chi connectivity index (χ1n) is 6.38. The number of hydrogen-bond donors (Lipinski definition) is 1. The van der Waals surface area contributed by atoms with Gasteiger partial charge in [0.05, 0.1) is 9.40 Å². The monoisotopic (exact) mass is 328 g/mol. The fourth-order valence-corrected chi connectivity index (χ4v) is 2.75. The third kappa shape index (κ3) is 3.99. The summed E-state index contributed by atoms with van der Waals surface area (Å²) in [5.74, 6) is 0.645. The van der Waals surface area contributed by atoms with E-state index in [1.165, 1.54) is 6.07 Å². The zero-order valence-corrected chi connectivity index (χ0v) is 12.2. The third-order valence-electron chi connectivity index (χ3n) is 3.34. The average Bonchev–Trinajstić information content (AvgIpc) is 2.41. The summed E-state index contributed by atoms with van der Waals surface area (Å²) in [5.41, 5.74) is 1.03. The molecule has 0 bridgehead atoms. The van der Waals surface area contributed by atoms with Crippen LogP contribution in [0, 0.1) is 16.0 Å². The van der Waals surface area contributed by atoms with Crippen LogP contribution >= 0.6 is 15.9 Å². The molecule has 2 rings (SSSR count). The van der Waals surface area contributed by atoms with Crippen LogP contribution in [-0.2, 0) is 11.3 Å². The van der Waals surface area contributed by atoms with E-state index in [4.69, 9.17) is 4.74 Å². The molecule has 0 aromatic heterocycles. The molecule has 6 heteroatoms. The number of nitro benzene ring substituents is 1. The predicted octanol–water partition coefficient (Wildman–Crippen LogP) is 2.87. The molecule has 19 heavy (non-hydrogen) atoms. The number of nitrogens with zero attached hydrogens (tertiary/aromatic N) is 1. The lowest BCUT2D eigenvalue weighted by molar-refractivity contribution is -0.385. The predicted molar refractivity (Wildman–Crippen MR) is 76.0 cm³/mol. The molecule has 5 nitrogen and oxygen atoms in total. The van der Waals surface area contributed by atoms with Gasteiger partial charge in [0.25, 0.3) is 5.69 Å². The number of hydrogen-bond acceptors (Lipinski definition) is 4. The van der Waals surface area contributed by atoms with E-state index < -0.39 is 0 Å². The Morgan fingerprint density at radius 3 is 2.84 bits per heavy atom. The molecule has 1 aliphatic heterocycles. The maximum Gasteiger partial charge on any atom is 0.283 e. The summed E-state index contributed by atoms with van der Waals surface area (Å²) >= 11 is 3.31. The summed E-state index contributed by atoms with van der Waals surface area (Å²) in [6.07, 6.45) is 2.17. The average molecular weight is 329 g/mol. The van der Waals surface area contributed by atoms with Crippen molar-refractivity contribution in [1.29, 1.82) is 0 Å². The molecule has 1 N–H and O–H groups in total. The van der Waals surface area contributed by atoms with Crippen molar-refractivity contribution in [2.45, 2.75) is 19.4 Å². The lowest BCUT2D eigenvalue weighted by Gasteiger charge is -2.22. The standard InChI is InChI=1S/C13H17BrN2O3/c14-13-11(2-1-3-12(13)16(17)18)9-15-8-10-4-6-19-7-5-10/h1-3,10,15H,4-9H2. The Balaban J connectivity index is 1.88. The largest absolute Gasteiger partial charge is 0.381 e. The molecular weight excluding hydrogens is 312 g/mol. The second-order valence-electron chi connectivity index (χ2n) is 4.69. The van der Waals surface area contributed by atoms with Crippen LogP contribution in [0.2, 0.25) is 0 Å². The number of rotatable bonds is 5. The van der Waals surface area contributed by atoms with Crippen molar-refractivity contribution in [2.24, 2.45) is 5.92 Å². The Kier molecular flexibility index (Phi) is 5.30. The molecule has 0 spiro atoms. The fourth-order valence-electron chi connectivity index (χ4n) is 2.21. The molecule has 0 aliphatic carbocycles. The molecule has 1 aromatic rings. The van der Waals surface area contributed by atoms with Gasteiger partial charge in [-0.05, 0) is 46.8 Å². The maximum absolute atomic E-state index is 10.8. The third-order valence-corrected chi connectivity index (χ3v) is 4.26. The summed E-state index contributed by atoms with van der Waals surface area (Å²) in [6, 6.07) is 5.12. The number of ether oxygens (including phenoxy) is 1. The van der Waals surface area contributed by atoms with E-state index in [0.29, 0.717) is 16.9 Å². The van der Waals surface area contributed by atoms with Gasteiger partial charge in [-0.15, -0.1) is 0 Å². The van der Waals surface area contributed by atoms with Crippen LogP contribution in [0.15, 0.2) is 22.7 Å². The first-order chi connectivity index (χ1) is 9.18. The van der Waals surface area contributed by atoms with Gasteiger partial charge in [-0.3, -0.25) is 10.1 Å². The molecule has 0 atom stereocenters. The van der Waals surface area contributed by atoms with Crippen molar-refractivity contribution in [3.63, 3.8) is 0 Å². The molecule has 0 saturated carbocycles. The van der Waals surface area contributed by atoms with E-state index >= 15 is 0 Å². The molecule has 1 aliphatic rings. The first-order valence-corrected chi connectivity index (χ1v) is 7.18. The Morgan fingerprint density at radius 2 is 2.16 bits per heavy atom. The number of benzene rings is 1. The van der Waals surface area contributed by atoms with Gasteiger partial charge in [0.15, 0.2) is 0 Å².